The maximum Gasteiger partial charge on any atom is 0.344 e. The van der Waals surface area contributed by atoms with E-state index in [4.69, 9.17) is 46.8 Å². The molecule has 0 aromatic rings. The van der Waals surface area contributed by atoms with Gasteiger partial charge in [0.15, 0.2) is 13.2 Å². The van der Waals surface area contributed by atoms with Crippen LogP contribution in [-0.4, -0.2) is 152 Å². The molecule has 16 bridgehead atoms. The van der Waals surface area contributed by atoms with Gasteiger partial charge >= 0.3 is 59.7 Å². The second-order valence-corrected chi connectivity index (χ2v) is 35.9. The van der Waals surface area contributed by atoms with Crippen LogP contribution in [0.25, 0.3) is 0 Å². The normalized spacial score (nSPS) is 39.1. The Balaban J connectivity index is 0.000000132. The summed E-state index contributed by atoms with van der Waals surface area (Å²) in [6, 6.07) is 0. The first-order chi connectivity index (χ1) is 48.9. The number of ether oxygens (including phenoxy) is 10. The van der Waals surface area contributed by atoms with Crippen molar-refractivity contribution in [2.75, 3.05) is 26.4 Å². The minimum absolute atomic E-state index is 0.0128. The van der Waals surface area contributed by atoms with E-state index in [1.165, 1.54) is 58.8 Å². The van der Waals surface area contributed by atoms with E-state index in [-0.39, 0.29) is 103 Å². The zero-order valence-corrected chi connectivity index (χ0v) is 62.6. The lowest BCUT2D eigenvalue weighted by molar-refractivity contribution is -0.221. The molecule has 0 aromatic carbocycles. The predicted octanol–water partition coefficient (Wildman–Crippen LogP) is 10.1. The molecule has 0 aromatic heterocycles. The lowest BCUT2D eigenvalue weighted by Gasteiger charge is -2.61. The minimum atomic E-state index is -3.56. The molecule has 0 amide bonds. The van der Waals surface area contributed by atoms with Crippen LogP contribution in [0.15, 0.2) is 60.8 Å². The van der Waals surface area contributed by atoms with Crippen molar-refractivity contribution in [3.8, 4) is 0 Å². The first-order valence-electron chi connectivity index (χ1n) is 37.7. The molecule has 2 saturated heterocycles. The number of aliphatic hydroxyl groups is 1. The molecule has 12 atom stereocenters. The van der Waals surface area contributed by atoms with Crippen LogP contribution in [-0.2, 0) is 110 Å². The van der Waals surface area contributed by atoms with E-state index in [9.17, 15) is 61.5 Å². The van der Waals surface area contributed by atoms with Gasteiger partial charge in [-0.2, -0.15) is 8.42 Å². The summed E-state index contributed by atoms with van der Waals surface area (Å²) >= 11 is 0. The summed E-state index contributed by atoms with van der Waals surface area (Å²) in [7, 11) is -3.56. The van der Waals surface area contributed by atoms with Crippen LogP contribution in [0, 0.1) is 94.7 Å². The Morgan fingerprint density at radius 1 is 0.490 bits per heavy atom. The Bertz CT molecular complexity index is 3510. The fraction of sp³-hybridized carbons (Fsp3) is 0.747. The van der Waals surface area contributed by atoms with Gasteiger partial charge < -0.3 is 52.5 Å². The van der Waals surface area contributed by atoms with E-state index in [2.05, 4.69) is 51.5 Å². The molecule has 2 heterocycles. The van der Waals surface area contributed by atoms with E-state index in [0.29, 0.717) is 83.3 Å². The van der Waals surface area contributed by atoms with E-state index < -0.39 is 93.4 Å². The first kappa shape index (κ1) is 78.3. The molecule has 18 rings (SSSR count). The smallest absolute Gasteiger partial charge is 0.344 e. The second-order valence-electron chi connectivity index (χ2n) is 34.1. The lowest BCUT2D eigenvalue weighted by Crippen LogP contribution is -2.62. The largest absolute Gasteiger partial charge is 0.462 e. The molecule has 16 aliphatic carbocycles. The first-order valence-corrected chi connectivity index (χ1v) is 39.2. The van der Waals surface area contributed by atoms with Gasteiger partial charge in [0.2, 0.25) is 0 Å². The molecule has 18 fully saturated rings. The number of esters is 10. The Hall–Kier alpha value is -6.73. The molecular formula is C79H108O24S. The molecule has 25 heteroatoms. The number of fused-ring (bicyclic) bond motifs is 2. The summed E-state index contributed by atoms with van der Waals surface area (Å²) in [6.45, 7) is 31.1. The molecule has 574 valence electrons. The SMILES string of the molecule is C=C(C)C(=O)OC1(C(C)C)C2CC3CC(C2)CC1C3.C=C(C)C(=O)OC12CC3CC(CC(O)(C3)C1)C2.C=C(C)C(=O)OC1C2CC3C(=O)OC1C3C2.C=C(C)C(=O)OCC(=O)OCC(=O)OC1(C)C2CC3CC(C2)CC1C3.C=C(C)C(=O)OCCOC(=O)CCC(=O)OC1C2CC3C1OS(=O)(=O)C3C2. The van der Waals surface area contributed by atoms with Crippen LogP contribution < -0.4 is 0 Å². The maximum absolute atomic E-state index is 12.2. The minimum Gasteiger partial charge on any atom is -0.462 e. The van der Waals surface area contributed by atoms with Gasteiger partial charge in [-0.15, -0.1) is 0 Å². The molecule has 12 unspecified atom stereocenters. The van der Waals surface area contributed by atoms with Crippen LogP contribution in [0.4, 0.5) is 0 Å². The summed E-state index contributed by atoms with van der Waals surface area (Å²) < 4.78 is 81.6. The number of hydrogen-bond acceptors (Lipinski definition) is 24. The van der Waals surface area contributed by atoms with Gasteiger partial charge in [-0.05, 0) is 229 Å². The van der Waals surface area contributed by atoms with Gasteiger partial charge in [0.05, 0.1) is 29.6 Å². The van der Waals surface area contributed by atoms with Crippen LogP contribution in [0.2, 0.25) is 0 Å². The van der Waals surface area contributed by atoms with Crippen molar-refractivity contribution in [3.05, 3.63) is 60.8 Å². The number of hydrogen-bond donors (Lipinski definition) is 1. The molecule has 24 nitrogen and oxygen atoms in total. The van der Waals surface area contributed by atoms with Crippen LogP contribution >= 0.6 is 0 Å². The van der Waals surface area contributed by atoms with Gasteiger partial charge in [0.1, 0.15) is 54.4 Å². The Morgan fingerprint density at radius 2 is 0.962 bits per heavy atom. The van der Waals surface area contributed by atoms with Crippen molar-refractivity contribution in [1.82, 2.24) is 0 Å². The van der Waals surface area contributed by atoms with Gasteiger partial charge in [0.25, 0.3) is 10.1 Å². The topological polar surface area (TPSA) is 327 Å². The fourth-order valence-corrected chi connectivity index (χ4v) is 24.0. The zero-order valence-electron chi connectivity index (χ0n) is 61.8. The van der Waals surface area contributed by atoms with E-state index in [0.717, 1.165) is 87.9 Å². The monoisotopic (exact) mass is 1470 g/mol. The number of carbonyl (C=O) groups is 10. The molecule has 16 saturated carbocycles. The number of carbonyl (C=O) groups excluding carboxylic acids is 10. The molecule has 0 radical (unpaired) electrons. The third-order valence-corrected chi connectivity index (χ3v) is 27.6. The predicted molar refractivity (Wildman–Crippen MR) is 371 cm³/mol. The van der Waals surface area contributed by atoms with Gasteiger partial charge in [-0.3, -0.25) is 18.6 Å². The Kier molecular flexibility index (Phi) is 23.2. The lowest BCUT2D eigenvalue weighted by atomic mass is 9.47. The fourth-order valence-electron chi connectivity index (χ4n) is 22.2. The third-order valence-electron chi connectivity index (χ3n) is 25.8. The van der Waals surface area contributed by atoms with Crippen molar-refractivity contribution < 1.29 is 113 Å². The highest BCUT2D eigenvalue weighted by Crippen LogP contribution is 2.64. The summed E-state index contributed by atoms with van der Waals surface area (Å²) in [6.07, 6.45) is 18.8. The zero-order chi connectivity index (χ0) is 75.4. The average Bonchev–Trinajstić information content (AvgIpc) is 1.39. The highest BCUT2D eigenvalue weighted by Gasteiger charge is 2.67. The van der Waals surface area contributed by atoms with Gasteiger partial charge in [-0.25, -0.2) is 33.6 Å². The summed E-state index contributed by atoms with van der Waals surface area (Å²) in [5.41, 5.74) is 0.212. The summed E-state index contributed by atoms with van der Waals surface area (Å²) in [5, 5.41) is 10.0. The average molecular weight is 1470 g/mol. The summed E-state index contributed by atoms with van der Waals surface area (Å²) in [5.74, 6) is 2.68. The van der Waals surface area contributed by atoms with E-state index in [1.807, 2.05) is 6.92 Å². The second kappa shape index (κ2) is 30.9. The number of rotatable bonds is 21. The quantitative estimate of drug-likeness (QED) is 0.0367. The van der Waals surface area contributed by atoms with Crippen LogP contribution in [0.1, 0.15) is 197 Å². The van der Waals surface area contributed by atoms with Crippen molar-refractivity contribution in [2.45, 2.75) is 249 Å². The molecule has 0 spiro atoms. The highest BCUT2D eigenvalue weighted by atomic mass is 32.2. The molecule has 2 aliphatic heterocycles. The van der Waals surface area contributed by atoms with Crippen molar-refractivity contribution in [1.29, 1.82) is 0 Å². The van der Waals surface area contributed by atoms with Crippen LogP contribution in [0.3, 0.4) is 0 Å². The molecule has 1 N–H and O–H groups in total. The van der Waals surface area contributed by atoms with E-state index >= 15 is 0 Å². The Labute approximate surface area is 610 Å². The third kappa shape index (κ3) is 16.7. The summed E-state index contributed by atoms with van der Waals surface area (Å²) in [4.78, 5) is 116. The van der Waals surface area contributed by atoms with Crippen molar-refractivity contribution >= 4 is 69.8 Å². The standard InChI is InChI=1S/C19H26O6.C17H22O9S.C17H26O2.C14H20O3.C12H14O4/c1-11(2)18(22)24-9-16(20)23-10-17(21)25-19(3)14-5-12-4-13(7-14)8-15(19)6-12;1-9(2)17(20)24-6-5-23-13(18)3-4-14(19)25-15-10-7-11-12(8-10)27(21,22)26-16(11)15;1-10(2)16(18)19-17(11(3)4)14-6-12-5-13(8-14)9-15(17)7-12;1-9(2)12(15)17-14-6-10-3-11(7-14)5-13(16,4-10)8-14;1-5(2)11(13)15-9-6-3-7-8(4-6)12(14)16-10(7)9/h12-15H,1,4-10H2,2-3H3;10-12,15-16H,1,3-8H2,2H3;11-15H,1,5-9H2,2-4H3;10-11,16H,1,3-8H2,2H3;6-10H,1,3-4H2,2H3. The molecule has 18 aliphatic rings. The van der Waals surface area contributed by atoms with Crippen LogP contribution in [0.5, 0.6) is 0 Å². The molecular weight excluding hydrogens is 1360 g/mol. The van der Waals surface area contributed by atoms with Crippen molar-refractivity contribution in [3.63, 3.8) is 0 Å². The van der Waals surface area contributed by atoms with Gasteiger partial charge in [0, 0.05) is 58.0 Å². The maximum atomic E-state index is 12.2. The van der Waals surface area contributed by atoms with E-state index in [1.54, 1.807) is 20.8 Å². The Morgan fingerprint density at radius 3 is 1.50 bits per heavy atom. The van der Waals surface area contributed by atoms with Gasteiger partial charge in [-0.1, -0.05) is 46.7 Å². The van der Waals surface area contributed by atoms with Crippen molar-refractivity contribution in [2.24, 2.45) is 94.7 Å². The molecule has 104 heavy (non-hydrogen) atoms. The highest BCUT2D eigenvalue weighted by molar-refractivity contribution is 7.87.